The summed E-state index contributed by atoms with van der Waals surface area (Å²) in [4.78, 5) is 10.6. The second-order valence-electron chi connectivity index (χ2n) is 3.07. The molecule has 0 bridgehead atoms. The summed E-state index contributed by atoms with van der Waals surface area (Å²) in [5.74, 6) is 4.25. The highest BCUT2D eigenvalue weighted by atomic mass is 35.5. The highest BCUT2D eigenvalue weighted by Gasteiger charge is 2.14. The second kappa shape index (κ2) is 5.37. The third-order valence-electron chi connectivity index (χ3n) is 1.83. The molecule has 5 nitrogen and oxygen atoms in total. The van der Waals surface area contributed by atoms with Crippen molar-refractivity contribution < 1.29 is 14.6 Å². The van der Waals surface area contributed by atoms with Crippen molar-refractivity contribution in [2.45, 2.75) is 13.0 Å². The summed E-state index contributed by atoms with van der Waals surface area (Å²) in [5, 5.41) is 12.3. The number of aliphatic carboxylic acids is 1. The summed E-state index contributed by atoms with van der Waals surface area (Å²) in [6.07, 6.45) is 0.475. The molecule has 1 unspecified atom stereocenters. The van der Waals surface area contributed by atoms with Crippen LogP contribution in [0.25, 0.3) is 0 Å². The topological polar surface area (TPSA) is 84.9 Å². The summed E-state index contributed by atoms with van der Waals surface area (Å²) >= 11 is 5.89. The fourth-order valence-corrected chi connectivity index (χ4v) is 1.25. The zero-order valence-electron chi connectivity index (χ0n) is 8.55. The number of rotatable bonds is 4. The zero-order valence-corrected chi connectivity index (χ0v) is 9.31. The Balaban J connectivity index is 2.87. The normalized spacial score (nSPS) is 12.6. The first-order valence-electron chi connectivity index (χ1n) is 4.47. The van der Waals surface area contributed by atoms with Gasteiger partial charge >= 0.3 is 5.97 Å². The molecule has 0 fully saturated rings. The number of hydrogen-bond donors (Lipinski definition) is 2. The van der Waals surface area contributed by atoms with Crippen molar-refractivity contribution in [3.05, 3.63) is 28.8 Å². The molecule has 16 heavy (non-hydrogen) atoms. The minimum absolute atomic E-state index is 0.311. The highest BCUT2D eigenvalue weighted by Crippen LogP contribution is 2.25. The number of carbonyl (C=O) groups is 1. The number of halogens is 1. The number of hydrogen-bond acceptors (Lipinski definition) is 4. The Labute approximate surface area is 97.5 Å². The van der Waals surface area contributed by atoms with Crippen LogP contribution >= 0.6 is 11.6 Å². The van der Waals surface area contributed by atoms with Crippen LogP contribution in [0, 0.1) is 0 Å². The number of nitrogens with two attached hydrogens (primary N) is 1. The predicted molar refractivity (Wildman–Crippen MR) is 61.0 cm³/mol. The maximum atomic E-state index is 10.6. The molecule has 1 atom stereocenters. The lowest BCUT2D eigenvalue weighted by atomic mass is 10.2. The van der Waals surface area contributed by atoms with Gasteiger partial charge in [0.1, 0.15) is 5.75 Å². The summed E-state index contributed by atoms with van der Waals surface area (Å²) in [5.41, 5.74) is 0.711. The van der Waals surface area contributed by atoms with Gasteiger partial charge < -0.3 is 15.7 Å². The van der Waals surface area contributed by atoms with Crippen molar-refractivity contribution in [3.63, 3.8) is 0 Å². The van der Waals surface area contributed by atoms with Gasteiger partial charge in [0.2, 0.25) is 0 Å². The molecule has 0 aromatic heterocycles. The van der Waals surface area contributed by atoms with Crippen LogP contribution in [-0.2, 0) is 4.79 Å². The van der Waals surface area contributed by atoms with Crippen molar-refractivity contribution in [2.75, 3.05) is 0 Å². The first-order chi connectivity index (χ1) is 7.54. The van der Waals surface area contributed by atoms with Gasteiger partial charge in [0.05, 0.1) is 11.2 Å². The van der Waals surface area contributed by atoms with Gasteiger partial charge in [-0.3, -0.25) is 0 Å². The molecule has 0 amide bonds. The van der Waals surface area contributed by atoms with Crippen molar-refractivity contribution in [3.8, 4) is 5.75 Å². The summed E-state index contributed by atoms with van der Waals surface area (Å²) in [6, 6.07) is 4.83. The van der Waals surface area contributed by atoms with Crippen molar-refractivity contribution in [1.29, 1.82) is 0 Å². The molecule has 0 heterocycles. The van der Waals surface area contributed by atoms with Gasteiger partial charge in [-0.25, -0.2) is 4.79 Å². The number of carboxylic acid groups (broad SMARTS) is 1. The molecule has 0 spiro atoms. The number of ether oxygens (including phenoxy) is 1. The van der Waals surface area contributed by atoms with Gasteiger partial charge in [-0.05, 0) is 30.7 Å². The third kappa shape index (κ3) is 3.13. The molecule has 1 rings (SSSR count). The van der Waals surface area contributed by atoms with E-state index in [4.69, 9.17) is 27.3 Å². The Morgan fingerprint density at radius 1 is 1.69 bits per heavy atom. The average Bonchev–Trinajstić information content (AvgIpc) is 2.22. The van der Waals surface area contributed by atoms with Gasteiger partial charge in [0.25, 0.3) is 0 Å². The second-order valence-corrected chi connectivity index (χ2v) is 3.47. The Bertz CT molecular complexity index is 421. The van der Waals surface area contributed by atoms with Crippen molar-refractivity contribution >= 4 is 23.8 Å². The molecular weight excluding hydrogens is 232 g/mol. The average molecular weight is 243 g/mol. The van der Waals surface area contributed by atoms with Crippen LogP contribution in [0.3, 0.4) is 0 Å². The predicted octanol–water partition coefficient (Wildman–Crippen LogP) is 1.48. The largest absolute Gasteiger partial charge is 0.479 e. The summed E-state index contributed by atoms with van der Waals surface area (Å²) < 4.78 is 5.13. The standard InChI is InChI=1S/C10H11ClN2O3/c1-6(10(14)15)16-9-3-2-7(5-13-12)4-8(9)11/h2-6H,12H2,1H3,(H,14,15). The van der Waals surface area contributed by atoms with Gasteiger partial charge in [-0.15, -0.1) is 0 Å². The maximum absolute atomic E-state index is 10.6. The van der Waals surface area contributed by atoms with E-state index in [1.54, 1.807) is 18.2 Å². The van der Waals surface area contributed by atoms with Gasteiger partial charge in [0, 0.05) is 0 Å². The van der Waals surface area contributed by atoms with E-state index in [0.29, 0.717) is 16.3 Å². The van der Waals surface area contributed by atoms with E-state index in [1.165, 1.54) is 13.1 Å². The quantitative estimate of drug-likeness (QED) is 0.476. The number of nitrogens with zero attached hydrogens (tertiary/aromatic N) is 1. The van der Waals surface area contributed by atoms with Crippen LogP contribution in [0.1, 0.15) is 12.5 Å². The lowest BCUT2D eigenvalue weighted by molar-refractivity contribution is -0.144. The van der Waals surface area contributed by atoms with Crippen LogP contribution in [0.4, 0.5) is 0 Å². The van der Waals surface area contributed by atoms with Crippen LogP contribution in [0.2, 0.25) is 5.02 Å². The minimum Gasteiger partial charge on any atom is -0.479 e. The molecule has 0 aliphatic carbocycles. The van der Waals surface area contributed by atoms with Crippen LogP contribution in [-0.4, -0.2) is 23.4 Å². The Hall–Kier alpha value is -1.75. The van der Waals surface area contributed by atoms with Crippen molar-refractivity contribution in [2.24, 2.45) is 10.9 Å². The highest BCUT2D eigenvalue weighted by molar-refractivity contribution is 6.32. The summed E-state index contributed by atoms with van der Waals surface area (Å²) in [7, 11) is 0. The van der Waals surface area contributed by atoms with E-state index in [-0.39, 0.29) is 0 Å². The molecule has 3 N–H and O–H groups in total. The van der Waals surface area contributed by atoms with Crippen LogP contribution in [0.5, 0.6) is 5.75 Å². The molecule has 6 heteroatoms. The first kappa shape index (κ1) is 12.3. The van der Waals surface area contributed by atoms with E-state index in [0.717, 1.165) is 0 Å². The molecule has 0 saturated heterocycles. The van der Waals surface area contributed by atoms with Gasteiger partial charge in [-0.1, -0.05) is 11.6 Å². The SMILES string of the molecule is CC(Oc1ccc(C=NN)cc1Cl)C(=O)O. The Kier molecular flexibility index (Phi) is 4.13. The van der Waals surface area contributed by atoms with Gasteiger partial charge in [0.15, 0.2) is 6.10 Å². The summed E-state index contributed by atoms with van der Waals surface area (Å²) in [6.45, 7) is 1.42. The molecule has 0 aliphatic heterocycles. The van der Waals surface area contributed by atoms with E-state index in [9.17, 15) is 4.79 Å². The van der Waals surface area contributed by atoms with Crippen molar-refractivity contribution in [1.82, 2.24) is 0 Å². The molecular formula is C10H11ClN2O3. The third-order valence-corrected chi connectivity index (χ3v) is 2.13. The molecule has 1 aromatic carbocycles. The lowest BCUT2D eigenvalue weighted by Crippen LogP contribution is -2.23. The monoisotopic (exact) mass is 242 g/mol. The Morgan fingerprint density at radius 2 is 2.38 bits per heavy atom. The molecule has 0 saturated carbocycles. The zero-order chi connectivity index (χ0) is 12.1. The number of hydrazone groups is 1. The molecule has 1 aromatic rings. The van der Waals surface area contributed by atoms with E-state index >= 15 is 0 Å². The fourth-order valence-electron chi connectivity index (χ4n) is 1.02. The Morgan fingerprint density at radius 3 is 2.88 bits per heavy atom. The van der Waals surface area contributed by atoms with Crippen LogP contribution in [0.15, 0.2) is 23.3 Å². The van der Waals surface area contributed by atoms with E-state index in [2.05, 4.69) is 5.10 Å². The molecule has 86 valence electrons. The van der Waals surface area contributed by atoms with E-state index in [1.807, 2.05) is 0 Å². The smallest absolute Gasteiger partial charge is 0.344 e. The lowest BCUT2D eigenvalue weighted by Gasteiger charge is -2.11. The number of benzene rings is 1. The molecule has 0 aliphatic rings. The van der Waals surface area contributed by atoms with E-state index < -0.39 is 12.1 Å². The fraction of sp³-hybridized carbons (Fsp3) is 0.200. The first-order valence-corrected chi connectivity index (χ1v) is 4.84. The van der Waals surface area contributed by atoms with Gasteiger partial charge in [-0.2, -0.15) is 5.10 Å². The van der Waals surface area contributed by atoms with Crippen LogP contribution < -0.4 is 10.6 Å². The number of carboxylic acids is 1. The minimum atomic E-state index is -1.05. The maximum Gasteiger partial charge on any atom is 0.344 e. The molecule has 0 radical (unpaired) electrons.